The molecule has 0 bridgehead atoms. The summed E-state index contributed by atoms with van der Waals surface area (Å²) in [5.74, 6) is 0. The van der Waals surface area contributed by atoms with Crippen LogP contribution in [0.5, 0.6) is 0 Å². The van der Waals surface area contributed by atoms with E-state index >= 15 is 0 Å². The average Bonchev–Trinajstić information content (AvgIpc) is 2.05. The lowest BCUT2D eigenvalue weighted by molar-refractivity contribution is -0.155. The van der Waals surface area contributed by atoms with Crippen LogP contribution in [0, 0.1) is 0 Å². The first-order chi connectivity index (χ1) is 5.79. The smallest absolute Gasteiger partial charge is 0.157 e. The summed E-state index contributed by atoms with van der Waals surface area (Å²) in [5, 5.41) is 0. The molecule has 2 heteroatoms. The van der Waals surface area contributed by atoms with Gasteiger partial charge in [0.15, 0.2) is 6.29 Å². The predicted molar refractivity (Wildman–Crippen MR) is 49.0 cm³/mol. The van der Waals surface area contributed by atoms with Gasteiger partial charge in [-0.1, -0.05) is 11.6 Å². The van der Waals surface area contributed by atoms with Crippen LogP contribution in [-0.2, 0) is 9.47 Å². The summed E-state index contributed by atoms with van der Waals surface area (Å²) in [6.07, 6.45) is 5.60. The molecule has 0 spiro atoms. The van der Waals surface area contributed by atoms with Crippen molar-refractivity contribution in [2.45, 2.75) is 39.4 Å². The second-order valence-corrected chi connectivity index (χ2v) is 3.41. The van der Waals surface area contributed by atoms with E-state index < -0.39 is 0 Å². The van der Waals surface area contributed by atoms with Gasteiger partial charge in [0.05, 0.1) is 6.61 Å². The number of rotatable bonds is 3. The van der Waals surface area contributed by atoms with Crippen LogP contribution in [0.2, 0.25) is 0 Å². The Balaban J connectivity index is 2.09. The van der Waals surface area contributed by atoms with Gasteiger partial charge in [-0.25, -0.2) is 0 Å². The highest BCUT2D eigenvalue weighted by Crippen LogP contribution is 2.13. The van der Waals surface area contributed by atoms with Crippen molar-refractivity contribution in [1.82, 2.24) is 0 Å². The molecule has 1 atom stereocenters. The molecular formula is C10H18O2. The van der Waals surface area contributed by atoms with E-state index in [9.17, 15) is 0 Å². The van der Waals surface area contributed by atoms with Crippen molar-refractivity contribution in [2.75, 3.05) is 13.2 Å². The fraction of sp³-hybridized carbons (Fsp3) is 0.800. The molecule has 1 aliphatic rings. The van der Waals surface area contributed by atoms with Crippen LogP contribution in [0.4, 0.5) is 0 Å². The maximum Gasteiger partial charge on any atom is 0.157 e. The molecule has 1 aliphatic heterocycles. The van der Waals surface area contributed by atoms with E-state index in [1.54, 1.807) is 0 Å². The topological polar surface area (TPSA) is 18.5 Å². The monoisotopic (exact) mass is 170 g/mol. The molecule has 2 nitrogen and oxygen atoms in total. The normalized spacial score (nSPS) is 23.7. The zero-order chi connectivity index (χ0) is 8.81. The zero-order valence-electron chi connectivity index (χ0n) is 8.01. The molecule has 0 saturated carbocycles. The highest BCUT2D eigenvalue weighted by atomic mass is 16.7. The molecule has 1 saturated heterocycles. The Morgan fingerprint density at radius 3 is 2.92 bits per heavy atom. The maximum absolute atomic E-state index is 5.50. The molecule has 0 aliphatic carbocycles. The van der Waals surface area contributed by atoms with Crippen LogP contribution in [0.25, 0.3) is 0 Å². The first-order valence-electron chi connectivity index (χ1n) is 4.65. The molecule has 12 heavy (non-hydrogen) atoms. The van der Waals surface area contributed by atoms with E-state index in [4.69, 9.17) is 9.47 Å². The lowest BCUT2D eigenvalue weighted by Crippen LogP contribution is -2.22. The minimum Gasteiger partial charge on any atom is -0.353 e. The maximum atomic E-state index is 5.50. The number of hydrogen-bond acceptors (Lipinski definition) is 2. The molecule has 1 fully saturated rings. The van der Waals surface area contributed by atoms with E-state index in [-0.39, 0.29) is 6.29 Å². The largest absolute Gasteiger partial charge is 0.353 e. The fourth-order valence-corrected chi connectivity index (χ4v) is 1.16. The Labute approximate surface area is 74.6 Å². The molecular weight excluding hydrogens is 152 g/mol. The van der Waals surface area contributed by atoms with Crippen LogP contribution in [-0.4, -0.2) is 19.5 Å². The predicted octanol–water partition coefficient (Wildman–Crippen LogP) is 2.50. The Kier molecular flexibility index (Phi) is 4.33. The summed E-state index contributed by atoms with van der Waals surface area (Å²) in [6.45, 7) is 5.70. The first kappa shape index (κ1) is 9.75. The third-order valence-electron chi connectivity index (χ3n) is 1.91. The van der Waals surface area contributed by atoms with Crippen molar-refractivity contribution in [1.29, 1.82) is 0 Å². The van der Waals surface area contributed by atoms with Gasteiger partial charge in [0.2, 0.25) is 0 Å². The van der Waals surface area contributed by atoms with Gasteiger partial charge in [-0.3, -0.25) is 0 Å². The van der Waals surface area contributed by atoms with E-state index in [0.29, 0.717) is 6.61 Å². The highest BCUT2D eigenvalue weighted by molar-refractivity contribution is 4.92. The Morgan fingerprint density at radius 1 is 1.50 bits per heavy atom. The second-order valence-electron chi connectivity index (χ2n) is 3.41. The molecule has 0 aromatic carbocycles. The molecule has 0 amide bonds. The standard InChI is InChI=1S/C10H18O2/c1-9(2)6-8-12-10-5-3-4-7-11-10/h6,10H,3-5,7-8H2,1-2H3. The van der Waals surface area contributed by atoms with E-state index in [1.807, 2.05) is 0 Å². The summed E-state index contributed by atoms with van der Waals surface area (Å²) in [6, 6.07) is 0. The Hall–Kier alpha value is -0.340. The van der Waals surface area contributed by atoms with Crippen molar-refractivity contribution < 1.29 is 9.47 Å². The van der Waals surface area contributed by atoms with E-state index in [0.717, 1.165) is 13.0 Å². The van der Waals surface area contributed by atoms with Crippen molar-refractivity contribution in [3.8, 4) is 0 Å². The van der Waals surface area contributed by atoms with Gasteiger partial charge in [-0.05, 0) is 33.1 Å². The van der Waals surface area contributed by atoms with Crippen LogP contribution >= 0.6 is 0 Å². The molecule has 70 valence electrons. The van der Waals surface area contributed by atoms with Crippen LogP contribution in [0.15, 0.2) is 11.6 Å². The van der Waals surface area contributed by atoms with Gasteiger partial charge in [-0.2, -0.15) is 0 Å². The Morgan fingerprint density at radius 2 is 2.33 bits per heavy atom. The third-order valence-corrected chi connectivity index (χ3v) is 1.91. The van der Waals surface area contributed by atoms with Gasteiger partial charge in [0.25, 0.3) is 0 Å². The summed E-state index contributed by atoms with van der Waals surface area (Å²) in [4.78, 5) is 0. The molecule has 0 aromatic heterocycles. The van der Waals surface area contributed by atoms with Gasteiger partial charge >= 0.3 is 0 Å². The molecule has 1 heterocycles. The van der Waals surface area contributed by atoms with Crippen LogP contribution < -0.4 is 0 Å². The highest BCUT2D eigenvalue weighted by Gasteiger charge is 2.12. The zero-order valence-corrected chi connectivity index (χ0v) is 8.01. The first-order valence-corrected chi connectivity index (χ1v) is 4.65. The quantitative estimate of drug-likeness (QED) is 0.606. The lowest BCUT2D eigenvalue weighted by atomic mass is 10.2. The average molecular weight is 170 g/mol. The second kappa shape index (κ2) is 5.33. The van der Waals surface area contributed by atoms with Crippen molar-refractivity contribution in [3.05, 3.63) is 11.6 Å². The molecule has 0 N–H and O–H groups in total. The van der Waals surface area contributed by atoms with Crippen LogP contribution in [0.1, 0.15) is 33.1 Å². The summed E-state index contributed by atoms with van der Waals surface area (Å²) in [5.41, 5.74) is 1.30. The third kappa shape index (κ3) is 3.88. The minimum atomic E-state index is 0.0503. The van der Waals surface area contributed by atoms with E-state index in [1.165, 1.54) is 18.4 Å². The fourth-order valence-electron chi connectivity index (χ4n) is 1.16. The minimum absolute atomic E-state index is 0.0503. The molecule has 1 rings (SSSR count). The number of hydrogen-bond donors (Lipinski definition) is 0. The SMILES string of the molecule is CC(C)=CCOC1CCCCO1. The van der Waals surface area contributed by atoms with Gasteiger partial charge in [0.1, 0.15) is 0 Å². The van der Waals surface area contributed by atoms with Gasteiger partial charge in [-0.15, -0.1) is 0 Å². The summed E-state index contributed by atoms with van der Waals surface area (Å²) in [7, 11) is 0. The molecule has 0 radical (unpaired) electrons. The van der Waals surface area contributed by atoms with Crippen molar-refractivity contribution in [2.24, 2.45) is 0 Å². The molecule has 1 unspecified atom stereocenters. The van der Waals surface area contributed by atoms with E-state index in [2.05, 4.69) is 19.9 Å². The Bertz CT molecular complexity index is 142. The lowest BCUT2D eigenvalue weighted by Gasteiger charge is -2.21. The summed E-state index contributed by atoms with van der Waals surface area (Å²) >= 11 is 0. The van der Waals surface area contributed by atoms with Crippen molar-refractivity contribution in [3.63, 3.8) is 0 Å². The van der Waals surface area contributed by atoms with Crippen molar-refractivity contribution >= 4 is 0 Å². The molecule has 0 aromatic rings. The number of allylic oxidation sites excluding steroid dienone is 1. The summed E-state index contributed by atoms with van der Waals surface area (Å²) < 4.78 is 10.9. The van der Waals surface area contributed by atoms with Gasteiger partial charge < -0.3 is 9.47 Å². The number of ether oxygens (including phenoxy) is 2. The van der Waals surface area contributed by atoms with Crippen LogP contribution in [0.3, 0.4) is 0 Å². The van der Waals surface area contributed by atoms with Gasteiger partial charge in [0, 0.05) is 6.61 Å².